The Morgan fingerprint density at radius 1 is 0.690 bits per heavy atom. The van der Waals surface area contributed by atoms with Crippen LogP contribution < -0.4 is 0 Å². The molecule has 10 aliphatic rings. The third kappa shape index (κ3) is 12.1. The van der Waals surface area contributed by atoms with Gasteiger partial charge in [0.15, 0.2) is 31.5 Å². The average molecular weight is 1290 g/mol. The van der Waals surface area contributed by atoms with Crippen molar-refractivity contribution in [2.45, 2.75) is 234 Å². The SMILES string of the molecule is C=C(C)[C@H]1[C@@H]2C[C@@]3(C)C4=CC[C@H]5C(C)(C)[C@@H](O[C@@H]6OC[C@@H](OS(=O)(=O)[O-])[C@H](O)[C@H]6O[C@@H]6O[C@H](C)[C@@H](O[C@@H]7O[C@H](COS(=O)(=O)[O-])[C@@H](O)[C@H](O[C@@H]8OC[C@@H](O)[C@H](OC)[C@H]8O)[C@H]7O)[C@H](O)[C@H]6O[C@@H]6O[C@H](CO)[C@@H](O)[C@H](O)[C@H]6O)CC[C@]5(C)[C@@H]4CC[C@]13C(=O)O2. The zero-order valence-electron chi connectivity index (χ0n) is 48.9. The highest BCUT2D eigenvalue weighted by atomic mass is 32.3. The molecule has 2 bridgehead atoms. The maximum Gasteiger partial charge on any atom is 0.314 e. The second-order valence-corrected chi connectivity index (χ2v) is 28.1. The van der Waals surface area contributed by atoms with E-state index >= 15 is 0 Å². The number of carbonyl (C=O) groups is 1. The van der Waals surface area contributed by atoms with Crippen LogP contribution in [0.4, 0.5) is 0 Å². The first-order valence-electron chi connectivity index (χ1n) is 29.2. The molecule has 31 nitrogen and oxygen atoms in total. The van der Waals surface area contributed by atoms with E-state index in [1.165, 1.54) is 12.5 Å². The number of esters is 1. The molecule has 0 aromatic carbocycles. The molecular formula is C54H82O31S2-2. The first-order valence-corrected chi connectivity index (χ1v) is 31.8. The van der Waals surface area contributed by atoms with E-state index in [2.05, 4.69) is 30.7 Å². The lowest BCUT2D eigenvalue weighted by molar-refractivity contribution is -0.405. The number of aliphatic hydroxyl groups is 10. The highest BCUT2D eigenvalue weighted by Gasteiger charge is 2.76. The summed E-state index contributed by atoms with van der Waals surface area (Å²) in [6, 6.07) is 0. The molecule has 33 heteroatoms. The van der Waals surface area contributed by atoms with Crippen molar-refractivity contribution in [3.63, 3.8) is 0 Å². The summed E-state index contributed by atoms with van der Waals surface area (Å²) in [5.74, 6) is -0.250. The number of allylic oxidation sites excluding steroid dienone is 2. The van der Waals surface area contributed by atoms with Crippen molar-refractivity contribution in [3.8, 4) is 0 Å². The molecule has 0 aromatic heterocycles. The average Bonchev–Trinajstić information content (AvgIpc) is 1.56. The number of carbonyl (C=O) groups excluding carboxylic acids is 1. The van der Waals surface area contributed by atoms with Gasteiger partial charge < -0.3 is 117 Å². The summed E-state index contributed by atoms with van der Waals surface area (Å²) in [4.78, 5) is 13.9. The fraction of sp³-hybridized carbons (Fsp3) is 0.907. The van der Waals surface area contributed by atoms with Crippen molar-refractivity contribution in [1.82, 2.24) is 0 Å². The molecule has 9 fully saturated rings. The molecule has 0 radical (unpaired) electrons. The van der Waals surface area contributed by atoms with Crippen molar-refractivity contribution in [3.05, 3.63) is 23.8 Å². The minimum Gasteiger partial charge on any atom is -0.726 e. The Labute approximate surface area is 502 Å². The van der Waals surface area contributed by atoms with Crippen LogP contribution in [0.5, 0.6) is 0 Å². The number of ether oxygens (including phenoxy) is 12. The molecule has 0 amide bonds. The van der Waals surface area contributed by atoms with Crippen LogP contribution in [0.25, 0.3) is 0 Å². The van der Waals surface area contributed by atoms with Gasteiger partial charge in [0.1, 0.15) is 110 Å². The van der Waals surface area contributed by atoms with Crippen molar-refractivity contribution in [2.24, 2.45) is 39.4 Å². The maximum absolute atomic E-state index is 13.9. The first kappa shape index (κ1) is 67.7. The van der Waals surface area contributed by atoms with Crippen LogP contribution in [0, 0.1) is 39.4 Å². The Morgan fingerprint density at radius 2 is 1.31 bits per heavy atom. The fourth-order valence-corrected chi connectivity index (χ4v) is 17.3. The number of rotatable bonds is 18. The van der Waals surface area contributed by atoms with Crippen LogP contribution in [-0.2, 0) is 90.8 Å². The van der Waals surface area contributed by atoms with Crippen molar-refractivity contribution in [2.75, 3.05) is 33.5 Å². The molecule has 4 aliphatic carbocycles. The van der Waals surface area contributed by atoms with E-state index in [1.807, 2.05) is 20.8 Å². The number of hydrogen-bond donors (Lipinski definition) is 10. The van der Waals surface area contributed by atoms with Gasteiger partial charge in [0.05, 0.1) is 44.1 Å². The molecule has 87 heavy (non-hydrogen) atoms. The molecule has 6 saturated heterocycles. The highest BCUT2D eigenvalue weighted by Crippen LogP contribution is 2.76. The minimum absolute atomic E-state index is 0.0540. The van der Waals surface area contributed by atoms with Gasteiger partial charge >= 0.3 is 5.97 Å². The predicted octanol–water partition coefficient (Wildman–Crippen LogP) is -3.91. The molecule has 10 rings (SSSR count). The van der Waals surface area contributed by atoms with Gasteiger partial charge in [-0.1, -0.05) is 51.5 Å². The summed E-state index contributed by atoms with van der Waals surface area (Å²) in [6.07, 6.45) is -39.0. The van der Waals surface area contributed by atoms with E-state index in [-0.39, 0.29) is 35.2 Å². The van der Waals surface area contributed by atoms with E-state index in [1.54, 1.807) is 0 Å². The third-order valence-electron chi connectivity index (χ3n) is 20.8. The van der Waals surface area contributed by atoms with E-state index in [0.29, 0.717) is 32.1 Å². The van der Waals surface area contributed by atoms with Crippen molar-refractivity contribution >= 4 is 26.8 Å². The standard InChI is InChI=1S/C54H84O31S2/c1-20(2)31-25-15-53(7)23-9-10-29-51(4,5)30(12-13-52(29,6)22(23)11-14-54(31,53)50(65)79-25)80-48-43(34(59)28(18-74-48)85-87(69,70)71)84-49-44(83-46-36(61)35(60)32(57)26(16-55)77-46)37(62)40(21(3)76-49)81-47-39(64)42(33(58)27(78-47)19-75-86(66,67)68)82-45-38(63)41(72-8)24(56)17-73-45/h9,21-22,24-49,55-64H,1,10-19H2,2-8H3,(H,66,67,68)(H,69,70,71)/p-2/t21-,22-,24-,25+,26-,27-,28-,29+,30+,31+,32-,33-,34+,35+,36-,37+,38-,39-,40-,41+,42+,43-,44-,45+,46+,47+,48+,49+,52-,53+,54-/m1/s1. The molecule has 498 valence electrons. The van der Waals surface area contributed by atoms with E-state index in [4.69, 9.17) is 61.0 Å². The Bertz CT molecular complexity index is 2760. The molecule has 0 unspecified atom stereocenters. The lowest BCUT2D eigenvalue weighted by atomic mass is 9.40. The largest absolute Gasteiger partial charge is 0.726 e. The second-order valence-electron chi connectivity index (χ2n) is 26.0. The van der Waals surface area contributed by atoms with Gasteiger partial charge in [-0.2, -0.15) is 0 Å². The fourth-order valence-electron chi connectivity index (χ4n) is 16.5. The summed E-state index contributed by atoms with van der Waals surface area (Å²) >= 11 is 0. The summed E-state index contributed by atoms with van der Waals surface area (Å²) < 4.78 is 152. The van der Waals surface area contributed by atoms with Gasteiger partial charge in [-0.15, -0.1) is 0 Å². The lowest BCUT2D eigenvalue weighted by Gasteiger charge is -2.64. The van der Waals surface area contributed by atoms with Crippen LogP contribution in [0.2, 0.25) is 0 Å². The number of methoxy groups -OCH3 is 1. The zero-order chi connectivity index (χ0) is 63.6. The van der Waals surface area contributed by atoms with Gasteiger partial charge in [-0.25, -0.2) is 16.8 Å². The smallest absolute Gasteiger partial charge is 0.314 e. The van der Waals surface area contributed by atoms with E-state index in [0.717, 1.165) is 19.1 Å². The Morgan fingerprint density at radius 3 is 1.97 bits per heavy atom. The summed E-state index contributed by atoms with van der Waals surface area (Å²) in [6.45, 7) is 12.6. The molecular weight excluding hydrogens is 1210 g/mol. The van der Waals surface area contributed by atoms with Crippen molar-refractivity contribution < 1.29 is 147 Å². The number of fused-ring (bicyclic) bond motifs is 5. The summed E-state index contributed by atoms with van der Waals surface area (Å²) in [5, 5.41) is 112. The molecule has 10 N–H and O–H groups in total. The molecule has 3 saturated carbocycles. The van der Waals surface area contributed by atoms with Gasteiger partial charge in [-0.05, 0) is 75.0 Å². The van der Waals surface area contributed by atoms with Crippen LogP contribution in [-0.4, -0.2) is 270 Å². The number of hydrogen-bond acceptors (Lipinski definition) is 31. The van der Waals surface area contributed by atoms with Crippen LogP contribution in [0.15, 0.2) is 23.8 Å². The summed E-state index contributed by atoms with van der Waals surface area (Å²) in [5.41, 5.74) is -0.0366. The van der Waals surface area contributed by atoms with Gasteiger partial charge in [-0.3, -0.25) is 13.2 Å². The minimum atomic E-state index is -5.56. The first-order chi connectivity index (χ1) is 40.6. The van der Waals surface area contributed by atoms with Crippen LogP contribution in [0.3, 0.4) is 0 Å². The lowest BCUT2D eigenvalue weighted by Crippen LogP contribution is -2.68. The van der Waals surface area contributed by atoms with Gasteiger partial charge in [0.2, 0.25) is 20.8 Å². The third-order valence-corrected chi connectivity index (χ3v) is 21.7. The summed E-state index contributed by atoms with van der Waals surface area (Å²) in [7, 11) is -9.88. The Kier molecular flexibility index (Phi) is 19.4. The van der Waals surface area contributed by atoms with E-state index < -0.39 is 211 Å². The van der Waals surface area contributed by atoms with Crippen molar-refractivity contribution in [1.29, 1.82) is 0 Å². The molecule has 1 spiro atoms. The van der Waals surface area contributed by atoms with Crippen LogP contribution in [0.1, 0.15) is 80.1 Å². The normalized spacial score (nSPS) is 50.7. The quantitative estimate of drug-likeness (QED) is 0.0271. The monoisotopic (exact) mass is 1290 g/mol. The molecule has 6 aliphatic heterocycles. The number of aliphatic hydroxyl groups excluding tert-OH is 10. The topological polar surface area (TPSA) is 463 Å². The van der Waals surface area contributed by atoms with Crippen LogP contribution >= 0.6 is 0 Å². The zero-order valence-corrected chi connectivity index (χ0v) is 50.5. The Hall–Kier alpha value is -2.15. The van der Waals surface area contributed by atoms with Gasteiger partial charge in [0, 0.05) is 18.4 Å². The second kappa shape index (κ2) is 25.0. The maximum atomic E-state index is 13.9. The molecule has 6 heterocycles. The molecule has 0 aromatic rings. The highest BCUT2D eigenvalue weighted by molar-refractivity contribution is 7.81. The van der Waals surface area contributed by atoms with E-state index in [9.17, 15) is 81.8 Å². The molecule has 31 atom stereocenters. The Balaban J connectivity index is 0.936. The van der Waals surface area contributed by atoms with Gasteiger partial charge in [0.25, 0.3) is 0 Å². The predicted molar refractivity (Wildman–Crippen MR) is 281 cm³/mol.